The number of primary amides is 1. The van der Waals surface area contributed by atoms with E-state index in [2.05, 4.69) is 22.0 Å². The third-order valence-electron chi connectivity index (χ3n) is 6.99. The van der Waals surface area contributed by atoms with Crippen LogP contribution < -0.4 is 15.2 Å². The van der Waals surface area contributed by atoms with Crippen LogP contribution in [0.1, 0.15) is 28.1 Å². The van der Waals surface area contributed by atoms with E-state index in [1.165, 1.54) is 11.3 Å². The molecular formula is C29H30N6O3S. The lowest BCUT2D eigenvalue weighted by Crippen LogP contribution is -2.35. The van der Waals surface area contributed by atoms with Crippen LogP contribution in [-0.4, -0.2) is 56.4 Å². The van der Waals surface area contributed by atoms with E-state index in [9.17, 15) is 4.79 Å². The number of nitrogens with two attached hydrogens (primary N) is 1. The Kier molecular flexibility index (Phi) is 6.80. The van der Waals surface area contributed by atoms with Crippen LogP contribution in [0.15, 0.2) is 67.3 Å². The molecular weight excluding hydrogens is 512 g/mol. The Morgan fingerprint density at radius 3 is 2.72 bits per heavy atom. The number of amides is 1. The van der Waals surface area contributed by atoms with Gasteiger partial charge in [0.15, 0.2) is 0 Å². The van der Waals surface area contributed by atoms with E-state index >= 15 is 0 Å². The van der Waals surface area contributed by atoms with Gasteiger partial charge in [0, 0.05) is 38.0 Å². The fraction of sp³-hybridized carbons (Fsp3) is 0.276. The highest BCUT2D eigenvalue weighted by Gasteiger charge is 2.20. The number of fused-ring (bicyclic) bond motifs is 1. The summed E-state index contributed by atoms with van der Waals surface area (Å²) in [6.45, 7) is 2.38. The molecule has 0 atom stereocenters. The van der Waals surface area contributed by atoms with Crippen LogP contribution in [0.4, 0.5) is 0 Å². The molecule has 0 bridgehead atoms. The van der Waals surface area contributed by atoms with Crippen molar-refractivity contribution in [2.45, 2.75) is 25.6 Å². The van der Waals surface area contributed by atoms with E-state index in [-0.39, 0.29) is 6.10 Å². The third-order valence-corrected chi connectivity index (χ3v) is 8.12. The molecule has 10 heteroatoms. The summed E-state index contributed by atoms with van der Waals surface area (Å²) in [5.74, 6) is 0.768. The monoisotopic (exact) mass is 542 g/mol. The number of aromatic nitrogens is 4. The highest BCUT2D eigenvalue weighted by atomic mass is 32.1. The standard InChI is InChI=1S/C29H30N6O3S/c1-33-10-8-22(9-11-33)38-23-5-3-4-19(12-23)17-37-26-14-27(39-28(26)29(30)36)35-18-31-24-13-20(6-7-25(24)35)21-15-32-34(2)16-21/h3-7,12-16,18,22H,8-11,17H2,1-2H3,(H2,30,36). The van der Waals surface area contributed by atoms with Gasteiger partial charge in [-0.15, -0.1) is 11.3 Å². The topological polar surface area (TPSA) is 100 Å². The van der Waals surface area contributed by atoms with Crippen LogP contribution in [0.25, 0.3) is 27.2 Å². The van der Waals surface area contributed by atoms with Gasteiger partial charge in [-0.2, -0.15) is 5.10 Å². The normalized spacial score (nSPS) is 14.6. The van der Waals surface area contributed by atoms with Crippen LogP contribution >= 0.6 is 11.3 Å². The molecule has 5 aromatic rings. The van der Waals surface area contributed by atoms with E-state index in [1.807, 2.05) is 72.5 Å². The van der Waals surface area contributed by atoms with Crippen molar-refractivity contribution < 1.29 is 14.3 Å². The van der Waals surface area contributed by atoms with Crippen LogP contribution in [0.5, 0.6) is 11.5 Å². The molecule has 0 radical (unpaired) electrons. The summed E-state index contributed by atoms with van der Waals surface area (Å²) >= 11 is 1.29. The summed E-state index contributed by atoms with van der Waals surface area (Å²) in [6.07, 6.45) is 7.81. The van der Waals surface area contributed by atoms with Crippen LogP contribution in [-0.2, 0) is 13.7 Å². The number of piperidine rings is 1. The number of carbonyl (C=O) groups excluding carboxylic acids is 1. The average Bonchev–Trinajstić information content (AvgIpc) is 3.66. The smallest absolute Gasteiger partial charge is 0.262 e. The van der Waals surface area contributed by atoms with E-state index in [4.69, 9.17) is 15.2 Å². The molecule has 1 fully saturated rings. The molecule has 2 aromatic carbocycles. The molecule has 6 rings (SSSR count). The lowest BCUT2D eigenvalue weighted by Gasteiger charge is -2.29. The summed E-state index contributed by atoms with van der Waals surface area (Å²) in [5.41, 5.74) is 10.5. The van der Waals surface area contributed by atoms with E-state index < -0.39 is 5.91 Å². The zero-order valence-electron chi connectivity index (χ0n) is 21.9. The fourth-order valence-corrected chi connectivity index (χ4v) is 5.80. The number of aryl methyl sites for hydroxylation is 1. The largest absolute Gasteiger partial charge is 0.490 e. The quantitative estimate of drug-likeness (QED) is 0.307. The molecule has 0 spiro atoms. The molecule has 3 aromatic heterocycles. The molecule has 1 aliphatic heterocycles. The second kappa shape index (κ2) is 10.5. The van der Waals surface area contributed by atoms with Crippen LogP contribution in [0, 0.1) is 0 Å². The van der Waals surface area contributed by atoms with Gasteiger partial charge in [0.1, 0.15) is 40.4 Å². The number of carbonyl (C=O) groups is 1. The molecule has 1 saturated heterocycles. The van der Waals surface area contributed by atoms with Gasteiger partial charge in [-0.3, -0.25) is 14.0 Å². The number of rotatable bonds is 8. The number of hydrogen-bond donors (Lipinski definition) is 1. The van der Waals surface area contributed by atoms with Gasteiger partial charge in [-0.25, -0.2) is 4.98 Å². The first-order valence-electron chi connectivity index (χ1n) is 12.9. The molecule has 200 valence electrons. The molecule has 39 heavy (non-hydrogen) atoms. The maximum absolute atomic E-state index is 12.3. The minimum Gasteiger partial charge on any atom is -0.490 e. The highest BCUT2D eigenvalue weighted by molar-refractivity contribution is 7.16. The number of ether oxygens (including phenoxy) is 2. The molecule has 0 unspecified atom stereocenters. The van der Waals surface area contributed by atoms with E-state index in [0.717, 1.165) is 64.4 Å². The number of nitrogens with zero attached hydrogens (tertiary/aromatic N) is 5. The van der Waals surface area contributed by atoms with Crippen molar-refractivity contribution in [3.63, 3.8) is 0 Å². The highest BCUT2D eigenvalue weighted by Crippen LogP contribution is 2.35. The summed E-state index contributed by atoms with van der Waals surface area (Å²) in [4.78, 5) is 19.6. The van der Waals surface area contributed by atoms with Crippen LogP contribution in [0.3, 0.4) is 0 Å². The number of imidazole rings is 1. The Bertz CT molecular complexity index is 1630. The molecule has 1 aliphatic rings. The van der Waals surface area contributed by atoms with Crippen molar-refractivity contribution in [2.24, 2.45) is 12.8 Å². The summed E-state index contributed by atoms with van der Waals surface area (Å²) in [6, 6.07) is 15.9. The Balaban J connectivity index is 1.20. The minimum atomic E-state index is -0.524. The third kappa shape index (κ3) is 5.39. The molecule has 0 aliphatic carbocycles. The number of thiophene rings is 1. The summed E-state index contributed by atoms with van der Waals surface area (Å²) in [7, 11) is 4.03. The summed E-state index contributed by atoms with van der Waals surface area (Å²) in [5, 5.41) is 5.05. The zero-order valence-corrected chi connectivity index (χ0v) is 22.7. The molecule has 1 amide bonds. The van der Waals surface area contributed by atoms with Crippen molar-refractivity contribution in [3.8, 4) is 27.6 Å². The molecule has 2 N–H and O–H groups in total. The van der Waals surface area contributed by atoms with Crippen molar-refractivity contribution in [2.75, 3.05) is 20.1 Å². The lowest BCUT2D eigenvalue weighted by atomic mass is 10.1. The predicted molar refractivity (Wildman–Crippen MR) is 152 cm³/mol. The number of hydrogen-bond acceptors (Lipinski definition) is 7. The zero-order chi connectivity index (χ0) is 26.9. The van der Waals surface area contributed by atoms with Crippen molar-refractivity contribution in [1.82, 2.24) is 24.2 Å². The molecule has 0 saturated carbocycles. The molecule has 9 nitrogen and oxygen atoms in total. The summed E-state index contributed by atoms with van der Waals surface area (Å²) < 4.78 is 16.1. The first-order chi connectivity index (χ1) is 18.9. The Hall–Kier alpha value is -4.15. The maximum atomic E-state index is 12.3. The molecule has 4 heterocycles. The Labute approximate surface area is 230 Å². The maximum Gasteiger partial charge on any atom is 0.262 e. The second-order valence-corrected chi connectivity index (χ2v) is 11.0. The number of likely N-dealkylation sites (tertiary alicyclic amines) is 1. The second-order valence-electron chi connectivity index (χ2n) is 9.92. The van der Waals surface area contributed by atoms with Gasteiger partial charge in [0.05, 0.1) is 17.2 Å². The van der Waals surface area contributed by atoms with Gasteiger partial charge >= 0.3 is 0 Å². The minimum absolute atomic E-state index is 0.226. The van der Waals surface area contributed by atoms with Gasteiger partial charge in [0.25, 0.3) is 5.91 Å². The van der Waals surface area contributed by atoms with Crippen molar-refractivity contribution in [3.05, 3.63) is 77.7 Å². The Morgan fingerprint density at radius 2 is 1.95 bits per heavy atom. The SMILES string of the molecule is CN1CCC(Oc2cccc(COc3cc(-n4cnc5cc(-c6cnn(C)c6)ccc54)sc3C(N)=O)c2)CC1. The Morgan fingerprint density at radius 1 is 1.10 bits per heavy atom. The van der Waals surface area contributed by atoms with Crippen molar-refractivity contribution >= 4 is 28.3 Å². The first-order valence-corrected chi connectivity index (χ1v) is 13.7. The predicted octanol–water partition coefficient (Wildman–Crippen LogP) is 4.64. The van der Waals surface area contributed by atoms with E-state index in [1.54, 1.807) is 11.0 Å². The van der Waals surface area contributed by atoms with Crippen molar-refractivity contribution in [1.29, 1.82) is 0 Å². The van der Waals surface area contributed by atoms with E-state index in [0.29, 0.717) is 17.2 Å². The van der Waals surface area contributed by atoms with Gasteiger partial charge in [-0.05, 0) is 55.3 Å². The van der Waals surface area contributed by atoms with Gasteiger partial charge in [0.2, 0.25) is 0 Å². The van der Waals surface area contributed by atoms with Crippen LogP contribution in [0.2, 0.25) is 0 Å². The first kappa shape index (κ1) is 25.1. The average molecular weight is 543 g/mol. The van der Waals surface area contributed by atoms with Gasteiger partial charge < -0.3 is 20.1 Å². The lowest BCUT2D eigenvalue weighted by molar-refractivity contribution is 0.1000. The fourth-order valence-electron chi connectivity index (χ4n) is 4.86. The number of benzene rings is 2. The van der Waals surface area contributed by atoms with Gasteiger partial charge in [-0.1, -0.05) is 18.2 Å².